The molecule has 2 aromatic heterocycles. The lowest BCUT2D eigenvalue weighted by atomic mass is 10.2. The van der Waals surface area contributed by atoms with Crippen molar-refractivity contribution in [3.8, 4) is 5.69 Å². The normalized spacial score (nSPS) is 10.9. The summed E-state index contributed by atoms with van der Waals surface area (Å²) < 4.78 is 39.0. The van der Waals surface area contributed by atoms with Crippen LogP contribution in [-0.4, -0.2) is 37.7 Å². The predicted octanol–water partition coefficient (Wildman–Crippen LogP) is 3.98. The van der Waals surface area contributed by atoms with Crippen molar-refractivity contribution in [2.24, 2.45) is 0 Å². The molecule has 1 amide bonds. The number of oxazole rings is 1. The standard InChI is InChI=1S/C17H18N4O2.C2HF3O2/c1-10-11(2)21(9-18-10)15-7-5-14(6-8-15)20-17(22)16-12(3)23-13(4)19-16;3-2(4,5)1(6)7/h5-9H,1-4H3,(H,20,22);(H,6,7). The predicted molar refractivity (Wildman–Crippen MR) is 101 cm³/mol. The van der Waals surface area contributed by atoms with Gasteiger partial charge in [0.05, 0.1) is 12.0 Å². The number of carbonyl (C=O) groups excluding carboxylic acids is 1. The number of aryl methyl sites for hydroxylation is 3. The van der Waals surface area contributed by atoms with Crippen molar-refractivity contribution in [2.75, 3.05) is 5.32 Å². The molecule has 3 aromatic rings. The molecule has 8 nitrogen and oxygen atoms in total. The minimum Gasteiger partial charge on any atom is -0.475 e. The molecule has 2 N–H and O–H groups in total. The second-order valence-electron chi connectivity index (χ2n) is 6.23. The van der Waals surface area contributed by atoms with Crippen molar-refractivity contribution in [3.05, 3.63) is 59.3 Å². The quantitative estimate of drug-likeness (QED) is 0.658. The summed E-state index contributed by atoms with van der Waals surface area (Å²) in [7, 11) is 0. The van der Waals surface area contributed by atoms with Gasteiger partial charge in [-0.1, -0.05) is 0 Å². The van der Waals surface area contributed by atoms with Gasteiger partial charge >= 0.3 is 12.1 Å². The molecular formula is C19H19F3N4O4. The van der Waals surface area contributed by atoms with Gasteiger partial charge in [0.1, 0.15) is 5.76 Å². The molecule has 0 aliphatic rings. The van der Waals surface area contributed by atoms with E-state index >= 15 is 0 Å². The molecule has 1 aromatic carbocycles. The maximum Gasteiger partial charge on any atom is 0.490 e. The number of halogens is 3. The summed E-state index contributed by atoms with van der Waals surface area (Å²) in [6.45, 7) is 7.44. The van der Waals surface area contributed by atoms with Crippen molar-refractivity contribution in [1.82, 2.24) is 14.5 Å². The minimum atomic E-state index is -5.08. The molecule has 0 aliphatic carbocycles. The Bertz CT molecular complexity index is 1050. The summed E-state index contributed by atoms with van der Waals surface area (Å²) in [5.41, 5.74) is 4.10. The third-order valence-electron chi connectivity index (χ3n) is 4.02. The zero-order chi connectivity index (χ0) is 22.6. The molecule has 0 saturated heterocycles. The summed E-state index contributed by atoms with van der Waals surface area (Å²) in [5, 5.41) is 9.95. The van der Waals surface area contributed by atoms with Gasteiger partial charge in [-0.15, -0.1) is 0 Å². The lowest BCUT2D eigenvalue weighted by molar-refractivity contribution is -0.192. The van der Waals surface area contributed by atoms with Gasteiger partial charge in [0, 0.05) is 24.0 Å². The topological polar surface area (TPSA) is 110 Å². The Kier molecular flexibility index (Phi) is 6.65. The number of aromatic nitrogens is 3. The van der Waals surface area contributed by atoms with Gasteiger partial charge < -0.3 is 19.4 Å². The highest BCUT2D eigenvalue weighted by atomic mass is 19.4. The highest BCUT2D eigenvalue weighted by Gasteiger charge is 2.38. The SMILES string of the molecule is Cc1nc(C(=O)Nc2ccc(-n3cnc(C)c3C)cc2)c(C)o1.O=C(O)C(F)(F)F. The van der Waals surface area contributed by atoms with Crippen LogP contribution in [-0.2, 0) is 4.79 Å². The molecule has 3 rings (SSSR count). The number of benzene rings is 1. The molecule has 0 unspecified atom stereocenters. The van der Waals surface area contributed by atoms with Crippen LogP contribution in [0.1, 0.15) is 33.5 Å². The van der Waals surface area contributed by atoms with E-state index in [0.29, 0.717) is 23.0 Å². The van der Waals surface area contributed by atoms with Crippen molar-refractivity contribution >= 4 is 17.6 Å². The zero-order valence-electron chi connectivity index (χ0n) is 16.5. The van der Waals surface area contributed by atoms with Crippen LogP contribution in [0.3, 0.4) is 0 Å². The molecule has 0 bridgehead atoms. The van der Waals surface area contributed by atoms with E-state index in [1.54, 1.807) is 20.2 Å². The number of carbonyl (C=O) groups is 2. The van der Waals surface area contributed by atoms with Crippen molar-refractivity contribution < 1.29 is 32.3 Å². The first-order valence-corrected chi connectivity index (χ1v) is 8.56. The lowest BCUT2D eigenvalue weighted by Gasteiger charge is -2.08. The van der Waals surface area contributed by atoms with E-state index in [0.717, 1.165) is 17.1 Å². The van der Waals surface area contributed by atoms with E-state index < -0.39 is 12.1 Å². The van der Waals surface area contributed by atoms with Crippen molar-refractivity contribution in [3.63, 3.8) is 0 Å². The van der Waals surface area contributed by atoms with Crippen molar-refractivity contribution in [2.45, 2.75) is 33.9 Å². The summed E-state index contributed by atoms with van der Waals surface area (Å²) in [6, 6.07) is 7.57. The summed E-state index contributed by atoms with van der Waals surface area (Å²) in [5.74, 6) is -2.04. The van der Waals surface area contributed by atoms with E-state index in [1.165, 1.54) is 0 Å². The lowest BCUT2D eigenvalue weighted by Crippen LogP contribution is -2.21. The molecule has 0 aliphatic heterocycles. The molecule has 0 spiro atoms. The fourth-order valence-corrected chi connectivity index (χ4v) is 2.39. The number of amides is 1. The number of imidazole rings is 1. The Labute approximate surface area is 169 Å². The van der Waals surface area contributed by atoms with Gasteiger partial charge in [0.2, 0.25) is 0 Å². The third-order valence-corrected chi connectivity index (χ3v) is 4.02. The van der Waals surface area contributed by atoms with Gasteiger partial charge in [-0.3, -0.25) is 4.79 Å². The molecule has 11 heteroatoms. The first-order chi connectivity index (χ1) is 13.9. The van der Waals surface area contributed by atoms with Crippen molar-refractivity contribution in [1.29, 1.82) is 0 Å². The molecule has 160 valence electrons. The number of aliphatic carboxylic acids is 1. The first kappa shape index (κ1) is 22.7. The van der Waals surface area contributed by atoms with E-state index in [9.17, 15) is 18.0 Å². The summed E-state index contributed by atoms with van der Waals surface area (Å²) in [4.78, 5) is 29.5. The van der Waals surface area contributed by atoms with E-state index in [2.05, 4.69) is 15.3 Å². The van der Waals surface area contributed by atoms with Crippen LogP contribution in [0.5, 0.6) is 0 Å². The fourth-order valence-electron chi connectivity index (χ4n) is 2.39. The number of rotatable bonds is 3. The number of carboxylic acids is 1. The van der Waals surface area contributed by atoms with Gasteiger partial charge in [0.15, 0.2) is 11.6 Å². The first-order valence-electron chi connectivity index (χ1n) is 8.56. The van der Waals surface area contributed by atoms with Gasteiger partial charge in [0.25, 0.3) is 5.91 Å². The fraction of sp³-hybridized carbons (Fsp3) is 0.263. The van der Waals surface area contributed by atoms with Gasteiger partial charge in [-0.25, -0.2) is 14.8 Å². The Morgan fingerprint density at radius 1 is 1.10 bits per heavy atom. The zero-order valence-corrected chi connectivity index (χ0v) is 16.5. The summed E-state index contributed by atoms with van der Waals surface area (Å²) >= 11 is 0. The highest BCUT2D eigenvalue weighted by molar-refractivity contribution is 6.03. The number of hydrogen-bond acceptors (Lipinski definition) is 5. The van der Waals surface area contributed by atoms with E-state index in [4.69, 9.17) is 14.3 Å². The van der Waals surface area contributed by atoms with E-state index in [1.807, 2.05) is 42.7 Å². The van der Waals surface area contributed by atoms with Gasteiger partial charge in [-0.05, 0) is 45.0 Å². The second kappa shape index (κ2) is 8.80. The van der Waals surface area contributed by atoms with Gasteiger partial charge in [-0.2, -0.15) is 13.2 Å². The number of hydrogen-bond donors (Lipinski definition) is 2. The minimum absolute atomic E-state index is 0.276. The third kappa shape index (κ3) is 5.46. The molecule has 0 radical (unpaired) electrons. The van der Waals surface area contributed by atoms with Crippen LogP contribution in [0.4, 0.5) is 18.9 Å². The number of anilines is 1. The summed E-state index contributed by atoms with van der Waals surface area (Å²) in [6.07, 6.45) is -3.29. The van der Waals surface area contributed by atoms with Crippen LogP contribution >= 0.6 is 0 Å². The maximum atomic E-state index is 12.2. The molecule has 0 fully saturated rings. The molecule has 0 atom stereocenters. The van der Waals surface area contributed by atoms with Crippen LogP contribution in [0.2, 0.25) is 0 Å². The Morgan fingerprint density at radius 2 is 1.67 bits per heavy atom. The Balaban J connectivity index is 0.000000396. The number of nitrogens with zero attached hydrogens (tertiary/aromatic N) is 3. The van der Waals surface area contributed by atoms with E-state index in [-0.39, 0.29) is 5.91 Å². The largest absolute Gasteiger partial charge is 0.490 e. The Hall–Kier alpha value is -3.63. The maximum absolute atomic E-state index is 12.2. The Morgan fingerprint density at radius 3 is 2.07 bits per heavy atom. The average molecular weight is 424 g/mol. The molecule has 0 saturated carbocycles. The highest BCUT2D eigenvalue weighted by Crippen LogP contribution is 2.18. The second-order valence-corrected chi connectivity index (χ2v) is 6.23. The molecule has 30 heavy (non-hydrogen) atoms. The number of nitrogens with one attached hydrogen (secondary N) is 1. The van der Waals surface area contributed by atoms with Crippen LogP contribution in [0.15, 0.2) is 35.0 Å². The smallest absolute Gasteiger partial charge is 0.475 e. The monoisotopic (exact) mass is 424 g/mol. The van der Waals surface area contributed by atoms with Crippen LogP contribution < -0.4 is 5.32 Å². The van der Waals surface area contributed by atoms with Crippen LogP contribution in [0, 0.1) is 27.7 Å². The molecule has 2 heterocycles. The number of carboxylic acid groups (broad SMARTS) is 1. The number of alkyl halides is 3. The van der Waals surface area contributed by atoms with Crippen LogP contribution in [0.25, 0.3) is 5.69 Å². The molecular weight excluding hydrogens is 405 g/mol. The average Bonchev–Trinajstić information content (AvgIpc) is 3.17.